The Kier molecular flexibility index (Phi) is 4.33. The molecular weight excluding hydrogens is 287 g/mol. The van der Waals surface area contributed by atoms with Gasteiger partial charge in [0.25, 0.3) is 0 Å². The van der Waals surface area contributed by atoms with Crippen molar-refractivity contribution in [3.63, 3.8) is 0 Å². The van der Waals surface area contributed by atoms with Crippen LogP contribution in [0.1, 0.15) is 15.9 Å². The van der Waals surface area contributed by atoms with Crippen molar-refractivity contribution in [2.45, 2.75) is 4.90 Å². The van der Waals surface area contributed by atoms with Crippen molar-refractivity contribution >= 4 is 40.7 Å². The second-order valence-corrected chi connectivity index (χ2v) is 5.35. The highest BCUT2D eigenvalue weighted by atomic mass is 35.5. The first-order valence-electron chi connectivity index (χ1n) is 5.26. The second-order valence-electron chi connectivity index (χ2n) is 3.65. The summed E-state index contributed by atoms with van der Waals surface area (Å²) in [6.07, 6.45) is 1.94. The largest absolute Gasteiger partial charge is 0.289 e. The summed E-state index contributed by atoms with van der Waals surface area (Å²) in [7, 11) is 0. The van der Waals surface area contributed by atoms with Crippen LogP contribution in [-0.4, -0.2) is 12.0 Å². The monoisotopic (exact) mass is 296 g/mol. The maximum absolute atomic E-state index is 12.4. The van der Waals surface area contributed by atoms with Crippen molar-refractivity contribution in [3.8, 4) is 0 Å². The lowest BCUT2D eigenvalue weighted by Crippen LogP contribution is -2.03. The highest BCUT2D eigenvalue weighted by Crippen LogP contribution is 2.27. The lowest BCUT2D eigenvalue weighted by atomic mass is 10.0. The molecule has 0 aliphatic heterocycles. The Morgan fingerprint density at radius 1 is 1.06 bits per heavy atom. The molecule has 2 rings (SSSR count). The molecule has 0 aliphatic rings. The number of hydrogen-bond acceptors (Lipinski definition) is 2. The number of halogens is 2. The first kappa shape index (κ1) is 13.5. The lowest BCUT2D eigenvalue weighted by Gasteiger charge is -2.07. The van der Waals surface area contributed by atoms with Crippen LogP contribution in [0.15, 0.2) is 47.4 Å². The predicted octanol–water partition coefficient (Wildman–Crippen LogP) is 4.95. The van der Waals surface area contributed by atoms with Crippen molar-refractivity contribution in [1.82, 2.24) is 0 Å². The van der Waals surface area contributed by atoms with Crippen LogP contribution in [0.5, 0.6) is 0 Å². The van der Waals surface area contributed by atoms with Gasteiger partial charge in [-0.25, -0.2) is 0 Å². The highest BCUT2D eigenvalue weighted by molar-refractivity contribution is 7.98. The van der Waals surface area contributed by atoms with Crippen molar-refractivity contribution in [2.24, 2.45) is 0 Å². The molecule has 0 saturated carbocycles. The second kappa shape index (κ2) is 5.79. The number of thioether (sulfide) groups is 1. The smallest absolute Gasteiger partial charge is 0.195 e. The van der Waals surface area contributed by atoms with Gasteiger partial charge in [0, 0.05) is 21.0 Å². The van der Waals surface area contributed by atoms with Crippen LogP contribution in [0, 0.1) is 0 Å². The van der Waals surface area contributed by atoms with E-state index in [2.05, 4.69) is 0 Å². The van der Waals surface area contributed by atoms with Crippen molar-refractivity contribution in [3.05, 3.63) is 63.6 Å². The maximum atomic E-state index is 12.4. The fourth-order valence-corrected chi connectivity index (χ4v) is 2.74. The Labute approximate surface area is 120 Å². The Hall–Kier alpha value is -0.960. The van der Waals surface area contributed by atoms with Gasteiger partial charge in [0.05, 0.1) is 5.02 Å². The number of ketones is 1. The van der Waals surface area contributed by atoms with E-state index in [0.29, 0.717) is 21.2 Å². The number of hydrogen-bond donors (Lipinski definition) is 0. The minimum Gasteiger partial charge on any atom is -0.289 e. The van der Waals surface area contributed by atoms with Crippen LogP contribution in [0.4, 0.5) is 0 Å². The Morgan fingerprint density at radius 3 is 2.44 bits per heavy atom. The van der Waals surface area contributed by atoms with Crippen LogP contribution in [0.3, 0.4) is 0 Å². The highest BCUT2D eigenvalue weighted by Gasteiger charge is 2.15. The van der Waals surface area contributed by atoms with Crippen molar-refractivity contribution in [2.75, 3.05) is 6.26 Å². The van der Waals surface area contributed by atoms with Gasteiger partial charge in [-0.3, -0.25) is 4.79 Å². The average molecular weight is 297 g/mol. The summed E-state index contributed by atoms with van der Waals surface area (Å²) in [4.78, 5) is 13.4. The first-order chi connectivity index (χ1) is 8.63. The molecule has 0 aliphatic carbocycles. The fraction of sp³-hybridized carbons (Fsp3) is 0.0714. The van der Waals surface area contributed by atoms with Crippen LogP contribution in [-0.2, 0) is 0 Å². The van der Waals surface area contributed by atoms with E-state index in [0.717, 1.165) is 4.90 Å². The molecule has 2 aromatic rings. The van der Waals surface area contributed by atoms with Gasteiger partial charge in [0.1, 0.15) is 0 Å². The van der Waals surface area contributed by atoms with Crippen molar-refractivity contribution < 1.29 is 4.79 Å². The van der Waals surface area contributed by atoms with Gasteiger partial charge in [-0.2, -0.15) is 0 Å². The number of rotatable bonds is 3. The normalized spacial score (nSPS) is 10.4. The third-order valence-electron chi connectivity index (χ3n) is 2.53. The molecule has 1 nitrogen and oxygen atoms in total. The molecule has 0 atom stereocenters. The molecule has 0 fully saturated rings. The Morgan fingerprint density at radius 2 is 1.78 bits per heavy atom. The average Bonchev–Trinajstić information content (AvgIpc) is 2.38. The van der Waals surface area contributed by atoms with Gasteiger partial charge in [0.15, 0.2) is 5.78 Å². The third kappa shape index (κ3) is 2.72. The molecule has 0 amide bonds. The van der Waals surface area contributed by atoms with Crippen LogP contribution in [0.25, 0.3) is 0 Å². The number of benzene rings is 2. The quantitative estimate of drug-likeness (QED) is 0.589. The van der Waals surface area contributed by atoms with Gasteiger partial charge >= 0.3 is 0 Å². The Bertz CT molecular complexity index is 596. The molecule has 0 radical (unpaired) electrons. The van der Waals surface area contributed by atoms with E-state index < -0.39 is 0 Å². The first-order valence-corrected chi connectivity index (χ1v) is 7.24. The van der Waals surface area contributed by atoms with Gasteiger partial charge in [-0.1, -0.05) is 35.3 Å². The zero-order chi connectivity index (χ0) is 13.1. The summed E-state index contributed by atoms with van der Waals surface area (Å²) >= 11 is 13.4. The molecule has 92 valence electrons. The molecule has 0 spiro atoms. The molecule has 0 heterocycles. The van der Waals surface area contributed by atoms with Crippen LogP contribution in [0.2, 0.25) is 10.0 Å². The fourth-order valence-electron chi connectivity index (χ4n) is 1.65. The summed E-state index contributed by atoms with van der Waals surface area (Å²) in [5.74, 6) is -0.0818. The molecule has 0 N–H and O–H groups in total. The molecule has 4 heteroatoms. The molecule has 0 aromatic heterocycles. The maximum Gasteiger partial charge on any atom is 0.195 e. The van der Waals surface area contributed by atoms with Gasteiger partial charge in [-0.15, -0.1) is 11.8 Å². The summed E-state index contributed by atoms with van der Waals surface area (Å²) in [5, 5.41) is 0.901. The zero-order valence-electron chi connectivity index (χ0n) is 9.61. The van der Waals surface area contributed by atoms with E-state index in [-0.39, 0.29) is 5.78 Å². The topological polar surface area (TPSA) is 17.1 Å². The lowest BCUT2D eigenvalue weighted by molar-refractivity contribution is 0.103. The molecule has 0 saturated heterocycles. The van der Waals surface area contributed by atoms with Gasteiger partial charge in [0.2, 0.25) is 0 Å². The van der Waals surface area contributed by atoms with E-state index in [1.165, 1.54) is 11.8 Å². The van der Waals surface area contributed by atoms with E-state index in [1.807, 2.05) is 24.5 Å². The van der Waals surface area contributed by atoms with Gasteiger partial charge < -0.3 is 0 Å². The number of carbonyl (C=O) groups excluding carboxylic acids is 1. The number of carbonyl (C=O) groups is 1. The van der Waals surface area contributed by atoms with Gasteiger partial charge in [-0.05, 0) is 36.6 Å². The molecule has 0 unspecified atom stereocenters. The zero-order valence-corrected chi connectivity index (χ0v) is 11.9. The van der Waals surface area contributed by atoms with Crippen LogP contribution < -0.4 is 0 Å². The summed E-state index contributed by atoms with van der Waals surface area (Å²) in [6, 6.07) is 12.4. The molecular formula is C14H10Cl2OS. The minimum absolute atomic E-state index is 0.0818. The Balaban J connectivity index is 2.48. The van der Waals surface area contributed by atoms with E-state index in [9.17, 15) is 4.79 Å². The molecule has 0 bridgehead atoms. The third-order valence-corrected chi connectivity index (χ3v) is 3.87. The predicted molar refractivity (Wildman–Crippen MR) is 78.1 cm³/mol. The molecule has 18 heavy (non-hydrogen) atoms. The SMILES string of the molecule is CSc1ccccc1C(=O)c1ccc(Cl)cc1Cl. The summed E-state index contributed by atoms with van der Waals surface area (Å²) in [5.41, 5.74) is 1.14. The van der Waals surface area contributed by atoms with E-state index >= 15 is 0 Å². The molecule has 2 aromatic carbocycles. The summed E-state index contributed by atoms with van der Waals surface area (Å²) < 4.78 is 0. The van der Waals surface area contributed by atoms with E-state index in [4.69, 9.17) is 23.2 Å². The van der Waals surface area contributed by atoms with Crippen LogP contribution >= 0.6 is 35.0 Å². The summed E-state index contributed by atoms with van der Waals surface area (Å²) in [6.45, 7) is 0. The minimum atomic E-state index is -0.0818. The standard InChI is InChI=1S/C14H10Cl2OS/c1-18-13-5-3-2-4-11(13)14(17)10-7-6-9(15)8-12(10)16/h2-8H,1H3. The van der Waals surface area contributed by atoms with E-state index in [1.54, 1.807) is 24.3 Å². The van der Waals surface area contributed by atoms with Crippen molar-refractivity contribution in [1.29, 1.82) is 0 Å².